The van der Waals surface area contributed by atoms with Crippen molar-refractivity contribution in [3.05, 3.63) is 0 Å². The highest BCUT2D eigenvalue weighted by Gasteiger charge is 2.20. The molecule has 2 fully saturated rings. The molecule has 2 heterocycles. The van der Waals surface area contributed by atoms with Gasteiger partial charge in [-0.2, -0.15) is 0 Å². The number of hydrogen-bond acceptors (Lipinski definition) is 3. The van der Waals surface area contributed by atoms with Crippen molar-refractivity contribution < 1.29 is 4.74 Å². The van der Waals surface area contributed by atoms with Crippen molar-refractivity contribution >= 4 is 5.96 Å². The van der Waals surface area contributed by atoms with Gasteiger partial charge in [0.05, 0.1) is 13.2 Å². The predicted molar refractivity (Wildman–Crippen MR) is 87.5 cm³/mol. The smallest absolute Gasteiger partial charge is 0.191 e. The van der Waals surface area contributed by atoms with Crippen LogP contribution in [-0.4, -0.2) is 68.2 Å². The van der Waals surface area contributed by atoms with Crippen molar-refractivity contribution in [1.82, 2.24) is 9.80 Å². The number of nitrogens with zero attached hydrogens (tertiary/aromatic N) is 3. The minimum atomic E-state index is 0.693. The molecular formula is C16H32N4O. The average molecular weight is 296 g/mol. The lowest BCUT2D eigenvalue weighted by Crippen LogP contribution is -2.44. The van der Waals surface area contributed by atoms with E-state index in [2.05, 4.69) is 28.6 Å². The highest BCUT2D eigenvalue weighted by molar-refractivity contribution is 5.78. The normalized spacial score (nSPS) is 28.9. The molecule has 0 spiro atoms. The molecule has 5 nitrogen and oxygen atoms in total. The summed E-state index contributed by atoms with van der Waals surface area (Å²) in [5, 5.41) is 0. The number of nitrogens with two attached hydrogens (primary N) is 1. The molecule has 0 aromatic carbocycles. The minimum Gasteiger partial charge on any atom is -0.378 e. The Kier molecular flexibility index (Phi) is 6.77. The van der Waals surface area contributed by atoms with Crippen molar-refractivity contribution in [2.45, 2.75) is 33.1 Å². The fraction of sp³-hybridized carbons (Fsp3) is 0.938. The molecule has 0 aliphatic carbocycles. The highest BCUT2D eigenvalue weighted by atomic mass is 16.5. The zero-order valence-corrected chi connectivity index (χ0v) is 13.8. The van der Waals surface area contributed by atoms with E-state index in [9.17, 15) is 0 Å². The standard InChI is InChI=1S/C16H32N4O/c1-14-11-15(2)13-19(12-14)6-4-3-5-18-16(17)20-7-9-21-10-8-20/h14-15H,3-13H2,1-2H3,(H2,17,18). The van der Waals surface area contributed by atoms with Gasteiger partial charge < -0.3 is 20.3 Å². The van der Waals surface area contributed by atoms with Gasteiger partial charge in [0, 0.05) is 32.7 Å². The van der Waals surface area contributed by atoms with Crippen LogP contribution in [0, 0.1) is 11.8 Å². The van der Waals surface area contributed by atoms with Gasteiger partial charge in [0.1, 0.15) is 0 Å². The van der Waals surface area contributed by atoms with E-state index in [0.717, 1.165) is 51.1 Å². The van der Waals surface area contributed by atoms with Gasteiger partial charge in [0.25, 0.3) is 0 Å². The fourth-order valence-corrected chi connectivity index (χ4v) is 3.51. The molecule has 2 N–H and O–H groups in total. The maximum Gasteiger partial charge on any atom is 0.191 e. The van der Waals surface area contributed by atoms with Gasteiger partial charge in [-0.1, -0.05) is 13.8 Å². The third kappa shape index (κ3) is 5.83. The Morgan fingerprint density at radius 1 is 1.14 bits per heavy atom. The first-order chi connectivity index (χ1) is 10.1. The molecule has 0 bridgehead atoms. The van der Waals surface area contributed by atoms with Gasteiger partial charge in [-0.05, 0) is 37.6 Å². The number of piperidine rings is 1. The SMILES string of the molecule is CC1CC(C)CN(CCCCN=C(N)N2CCOCC2)C1. The van der Waals surface area contributed by atoms with Crippen LogP contribution in [0.1, 0.15) is 33.1 Å². The Labute approximate surface area is 129 Å². The van der Waals surface area contributed by atoms with Gasteiger partial charge in [0.2, 0.25) is 0 Å². The van der Waals surface area contributed by atoms with Crippen LogP contribution in [0.4, 0.5) is 0 Å². The Morgan fingerprint density at radius 3 is 2.48 bits per heavy atom. The van der Waals surface area contributed by atoms with E-state index >= 15 is 0 Å². The molecule has 2 rings (SSSR count). The molecular weight excluding hydrogens is 264 g/mol. The molecule has 0 amide bonds. The second-order valence-corrected chi connectivity index (χ2v) is 6.75. The number of ether oxygens (including phenoxy) is 1. The number of guanidine groups is 1. The second kappa shape index (κ2) is 8.59. The van der Waals surface area contributed by atoms with Crippen LogP contribution in [0.15, 0.2) is 4.99 Å². The Morgan fingerprint density at radius 2 is 1.81 bits per heavy atom. The maximum atomic E-state index is 6.02. The van der Waals surface area contributed by atoms with Gasteiger partial charge in [0.15, 0.2) is 5.96 Å². The second-order valence-electron chi connectivity index (χ2n) is 6.75. The number of rotatable bonds is 5. The summed E-state index contributed by atoms with van der Waals surface area (Å²) in [5.41, 5.74) is 6.02. The van der Waals surface area contributed by atoms with E-state index < -0.39 is 0 Å². The Hall–Kier alpha value is -0.810. The van der Waals surface area contributed by atoms with Crippen molar-refractivity contribution in [1.29, 1.82) is 0 Å². The number of morpholine rings is 1. The van der Waals surface area contributed by atoms with E-state index in [0.29, 0.717) is 5.96 Å². The van der Waals surface area contributed by atoms with Gasteiger partial charge >= 0.3 is 0 Å². The first-order valence-electron chi connectivity index (χ1n) is 8.50. The number of hydrogen-bond donors (Lipinski definition) is 1. The van der Waals surface area contributed by atoms with Crippen molar-refractivity contribution in [3.63, 3.8) is 0 Å². The average Bonchev–Trinajstić information content (AvgIpc) is 2.46. The summed E-state index contributed by atoms with van der Waals surface area (Å²) in [4.78, 5) is 9.25. The fourth-order valence-electron chi connectivity index (χ4n) is 3.51. The molecule has 2 saturated heterocycles. The van der Waals surface area contributed by atoms with Gasteiger partial charge in [-0.15, -0.1) is 0 Å². The molecule has 21 heavy (non-hydrogen) atoms. The van der Waals surface area contributed by atoms with E-state index in [1.54, 1.807) is 0 Å². The Balaban J connectivity index is 1.58. The van der Waals surface area contributed by atoms with Crippen LogP contribution >= 0.6 is 0 Å². The molecule has 2 aliphatic rings. The topological polar surface area (TPSA) is 54.1 Å². The molecule has 2 unspecified atom stereocenters. The molecule has 122 valence electrons. The van der Waals surface area contributed by atoms with Crippen LogP contribution in [0.25, 0.3) is 0 Å². The van der Waals surface area contributed by atoms with Crippen LogP contribution in [0.2, 0.25) is 0 Å². The first-order valence-corrected chi connectivity index (χ1v) is 8.50. The van der Waals surface area contributed by atoms with Gasteiger partial charge in [-0.3, -0.25) is 4.99 Å². The van der Waals surface area contributed by atoms with Gasteiger partial charge in [-0.25, -0.2) is 0 Å². The Bertz CT molecular complexity index is 318. The lowest BCUT2D eigenvalue weighted by atomic mass is 9.92. The van der Waals surface area contributed by atoms with E-state index in [1.165, 1.54) is 32.5 Å². The van der Waals surface area contributed by atoms with Crippen LogP contribution in [0.5, 0.6) is 0 Å². The summed E-state index contributed by atoms with van der Waals surface area (Å²) < 4.78 is 5.32. The zero-order chi connectivity index (χ0) is 15.1. The summed E-state index contributed by atoms with van der Waals surface area (Å²) in [6.45, 7) is 12.6. The van der Waals surface area contributed by atoms with Crippen molar-refractivity contribution in [3.8, 4) is 0 Å². The summed E-state index contributed by atoms with van der Waals surface area (Å²) >= 11 is 0. The number of unbranched alkanes of at least 4 members (excludes halogenated alkanes) is 1. The third-order valence-electron chi connectivity index (χ3n) is 4.44. The molecule has 0 saturated carbocycles. The van der Waals surface area contributed by atoms with Crippen LogP contribution in [-0.2, 0) is 4.74 Å². The van der Waals surface area contributed by atoms with Crippen LogP contribution < -0.4 is 5.73 Å². The zero-order valence-electron chi connectivity index (χ0n) is 13.8. The monoisotopic (exact) mass is 296 g/mol. The summed E-state index contributed by atoms with van der Waals surface area (Å²) in [6, 6.07) is 0. The van der Waals surface area contributed by atoms with Crippen LogP contribution in [0.3, 0.4) is 0 Å². The molecule has 0 aromatic rings. The quantitative estimate of drug-likeness (QED) is 0.473. The molecule has 2 atom stereocenters. The highest BCUT2D eigenvalue weighted by Crippen LogP contribution is 2.20. The summed E-state index contributed by atoms with van der Waals surface area (Å²) in [7, 11) is 0. The first kappa shape index (κ1) is 16.6. The van der Waals surface area contributed by atoms with E-state index in [1.807, 2.05) is 0 Å². The maximum absolute atomic E-state index is 6.02. The van der Waals surface area contributed by atoms with E-state index in [4.69, 9.17) is 10.5 Å². The lowest BCUT2D eigenvalue weighted by molar-refractivity contribution is 0.0674. The molecule has 0 aromatic heterocycles. The predicted octanol–water partition coefficient (Wildman–Crippen LogP) is 1.39. The molecule has 0 radical (unpaired) electrons. The van der Waals surface area contributed by atoms with E-state index in [-0.39, 0.29) is 0 Å². The summed E-state index contributed by atoms with van der Waals surface area (Å²) in [6.07, 6.45) is 3.74. The summed E-state index contributed by atoms with van der Waals surface area (Å²) in [5.74, 6) is 2.39. The molecule has 2 aliphatic heterocycles. The number of aliphatic imine (C=N–C) groups is 1. The lowest BCUT2D eigenvalue weighted by Gasteiger charge is -2.34. The largest absolute Gasteiger partial charge is 0.378 e. The van der Waals surface area contributed by atoms with Crippen molar-refractivity contribution in [2.75, 3.05) is 52.5 Å². The minimum absolute atomic E-state index is 0.693. The third-order valence-corrected chi connectivity index (χ3v) is 4.44. The number of likely N-dealkylation sites (tertiary alicyclic amines) is 1. The molecule has 5 heteroatoms. The van der Waals surface area contributed by atoms with Crippen molar-refractivity contribution in [2.24, 2.45) is 22.6 Å².